The maximum absolute atomic E-state index is 12.8. The van der Waals surface area contributed by atoms with Crippen molar-refractivity contribution in [3.63, 3.8) is 0 Å². The van der Waals surface area contributed by atoms with Crippen molar-refractivity contribution in [3.8, 4) is 0 Å². The average Bonchev–Trinajstić information content (AvgIpc) is 2.63. The van der Waals surface area contributed by atoms with E-state index in [4.69, 9.17) is 0 Å². The van der Waals surface area contributed by atoms with Crippen LogP contribution < -0.4 is 5.32 Å². The summed E-state index contributed by atoms with van der Waals surface area (Å²) < 4.78 is 26.1. The Labute approximate surface area is 158 Å². The summed E-state index contributed by atoms with van der Waals surface area (Å²) >= 11 is 0. The molecule has 6 heteroatoms. The minimum absolute atomic E-state index is 0.00391. The molecule has 1 amide bonds. The van der Waals surface area contributed by atoms with Crippen LogP contribution in [0.1, 0.15) is 51.5 Å². The van der Waals surface area contributed by atoms with E-state index in [2.05, 4.69) is 24.4 Å². The van der Waals surface area contributed by atoms with Crippen LogP contribution in [0.5, 0.6) is 0 Å². The van der Waals surface area contributed by atoms with Gasteiger partial charge in [0.05, 0.1) is 11.7 Å². The molecule has 0 radical (unpaired) electrons. The summed E-state index contributed by atoms with van der Waals surface area (Å²) in [7, 11) is -3.23. The largest absolute Gasteiger partial charge is 0.353 e. The topological polar surface area (TPSA) is 66.5 Å². The summed E-state index contributed by atoms with van der Waals surface area (Å²) in [5.74, 6) is -0.0883. The lowest BCUT2D eigenvalue weighted by Crippen LogP contribution is -2.48. The number of hydrogen-bond donors (Lipinski definition) is 1. The Morgan fingerprint density at radius 3 is 2.62 bits per heavy atom. The maximum Gasteiger partial charge on any atom is 0.224 e. The highest BCUT2D eigenvalue weighted by molar-refractivity contribution is 7.89. The molecular weight excluding hydrogens is 348 g/mol. The summed E-state index contributed by atoms with van der Waals surface area (Å²) in [6.45, 7) is 4.83. The van der Waals surface area contributed by atoms with Crippen LogP contribution in [0.4, 0.5) is 0 Å². The molecule has 26 heavy (non-hydrogen) atoms. The number of nitrogens with zero attached hydrogens (tertiary/aromatic N) is 1. The third-order valence-electron chi connectivity index (χ3n) is 4.92. The molecule has 2 unspecified atom stereocenters. The fourth-order valence-corrected chi connectivity index (χ4v) is 5.18. The predicted molar refractivity (Wildman–Crippen MR) is 105 cm³/mol. The van der Waals surface area contributed by atoms with Gasteiger partial charge in [-0.05, 0) is 37.7 Å². The number of sulfonamides is 1. The summed E-state index contributed by atoms with van der Waals surface area (Å²) in [4.78, 5) is 12.8. The van der Waals surface area contributed by atoms with Crippen molar-refractivity contribution in [1.29, 1.82) is 0 Å². The van der Waals surface area contributed by atoms with Crippen molar-refractivity contribution >= 4 is 15.9 Å². The second-order valence-electron chi connectivity index (χ2n) is 7.20. The van der Waals surface area contributed by atoms with Crippen LogP contribution in [-0.4, -0.2) is 43.5 Å². The Morgan fingerprint density at radius 1 is 1.23 bits per heavy atom. The molecule has 1 fully saturated rings. The molecule has 1 saturated heterocycles. The number of benzene rings is 1. The fourth-order valence-electron chi connectivity index (χ4n) is 3.59. The third kappa shape index (κ3) is 6.09. The van der Waals surface area contributed by atoms with E-state index in [0.29, 0.717) is 19.5 Å². The van der Waals surface area contributed by atoms with Gasteiger partial charge < -0.3 is 5.32 Å². The first-order chi connectivity index (χ1) is 12.5. The lowest BCUT2D eigenvalue weighted by atomic mass is 9.96. The van der Waals surface area contributed by atoms with Gasteiger partial charge in [-0.1, -0.05) is 50.6 Å². The molecule has 1 heterocycles. The highest BCUT2D eigenvalue weighted by atomic mass is 32.2. The normalized spacial score (nSPS) is 19.8. The lowest BCUT2D eigenvalue weighted by Gasteiger charge is -2.32. The van der Waals surface area contributed by atoms with E-state index in [1.165, 1.54) is 9.87 Å². The number of amides is 1. The number of nitrogens with one attached hydrogen (secondary N) is 1. The molecule has 0 bridgehead atoms. The Morgan fingerprint density at radius 2 is 1.96 bits per heavy atom. The Balaban J connectivity index is 1.97. The molecule has 2 atom stereocenters. The van der Waals surface area contributed by atoms with Gasteiger partial charge in [-0.15, -0.1) is 0 Å². The zero-order valence-corrected chi connectivity index (χ0v) is 16.8. The van der Waals surface area contributed by atoms with Crippen molar-refractivity contribution in [2.24, 2.45) is 5.92 Å². The highest BCUT2D eigenvalue weighted by Gasteiger charge is 2.32. The number of hydrogen-bond acceptors (Lipinski definition) is 3. The molecule has 1 aromatic carbocycles. The molecular formula is C20H32N2O3S. The summed E-state index contributed by atoms with van der Waals surface area (Å²) in [5.41, 5.74) is 1.21. The molecule has 0 aromatic heterocycles. The number of rotatable bonds is 9. The zero-order chi connectivity index (χ0) is 19.0. The summed E-state index contributed by atoms with van der Waals surface area (Å²) in [6.07, 6.45) is 4.84. The second-order valence-corrected chi connectivity index (χ2v) is 9.29. The molecule has 1 aliphatic rings. The molecule has 1 N–H and O–H groups in total. The minimum atomic E-state index is -3.23. The third-order valence-corrected chi connectivity index (χ3v) is 6.96. The van der Waals surface area contributed by atoms with E-state index in [9.17, 15) is 13.2 Å². The van der Waals surface area contributed by atoms with Crippen LogP contribution >= 0.6 is 0 Å². The number of piperidine rings is 1. The van der Waals surface area contributed by atoms with Crippen LogP contribution in [0.25, 0.3) is 0 Å². The van der Waals surface area contributed by atoms with Gasteiger partial charge in [0.15, 0.2) is 0 Å². The molecule has 146 valence electrons. The quantitative estimate of drug-likeness (QED) is 0.716. The second kappa shape index (κ2) is 10.1. The average molecular weight is 381 g/mol. The maximum atomic E-state index is 12.8. The monoisotopic (exact) mass is 380 g/mol. The number of carbonyl (C=O) groups is 1. The van der Waals surface area contributed by atoms with Crippen LogP contribution in [0, 0.1) is 5.92 Å². The summed E-state index contributed by atoms with van der Waals surface area (Å²) in [6, 6.07) is 10.3. The van der Waals surface area contributed by atoms with E-state index >= 15 is 0 Å². The van der Waals surface area contributed by atoms with Gasteiger partial charge in [0.2, 0.25) is 15.9 Å². The van der Waals surface area contributed by atoms with Gasteiger partial charge in [-0.2, -0.15) is 0 Å². The first kappa shape index (κ1) is 20.9. The fraction of sp³-hybridized carbons (Fsp3) is 0.650. The van der Waals surface area contributed by atoms with E-state index in [1.54, 1.807) is 0 Å². The van der Waals surface area contributed by atoms with Crippen LogP contribution in [-0.2, 0) is 21.2 Å². The van der Waals surface area contributed by atoms with Crippen molar-refractivity contribution in [1.82, 2.24) is 9.62 Å². The van der Waals surface area contributed by atoms with Crippen molar-refractivity contribution in [3.05, 3.63) is 35.9 Å². The molecule has 2 rings (SSSR count). The first-order valence-corrected chi connectivity index (χ1v) is 11.4. The van der Waals surface area contributed by atoms with E-state index in [0.717, 1.165) is 32.1 Å². The Bertz CT molecular complexity index is 661. The van der Waals surface area contributed by atoms with Crippen LogP contribution in [0.2, 0.25) is 0 Å². The van der Waals surface area contributed by atoms with Gasteiger partial charge in [-0.3, -0.25) is 4.79 Å². The van der Waals surface area contributed by atoms with Crippen molar-refractivity contribution in [2.45, 2.75) is 58.4 Å². The van der Waals surface area contributed by atoms with Gasteiger partial charge in [-0.25, -0.2) is 12.7 Å². The molecule has 1 aliphatic heterocycles. The van der Waals surface area contributed by atoms with Crippen molar-refractivity contribution in [2.75, 3.05) is 18.8 Å². The number of carbonyl (C=O) groups excluding carboxylic acids is 1. The minimum Gasteiger partial charge on any atom is -0.353 e. The molecule has 1 aromatic rings. The van der Waals surface area contributed by atoms with E-state index < -0.39 is 10.0 Å². The van der Waals surface area contributed by atoms with Gasteiger partial charge >= 0.3 is 0 Å². The molecule has 0 spiro atoms. The van der Waals surface area contributed by atoms with Crippen molar-refractivity contribution < 1.29 is 13.2 Å². The molecule has 0 aliphatic carbocycles. The smallest absolute Gasteiger partial charge is 0.224 e. The Kier molecular flexibility index (Phi) is 8.10. The van der Waals surface area contributed by atoms with E-state index in [-0.39, 0.29) is 23.6 Å². The Hall–Kier alpha value is -1.40. The highest BCUT2D eigenvalue weighted by Crippen LogP contribution is 2.21. The van der Waals surface area contributed by atoms with Crippen LogP contribution in [0.3, 0.4) is 0 Å². The predicted octanol–water partition coefficient (Wildman–Crippen LogP) is 2.97. The molecule has 5 nitrogen and oxygen atoms in total. The zero-order valence-electron chi connectivity index (χ0n) is 16.0. The molecule has 0 saturated carbocycles. The standard InChI is InChI=1S/C20H32N2O3S/c1-3-9-19(15-17-10-6-5-7-11-17)21-20(23)18-12-8-13-22(16-18)26(24,25)14-4-2/h5-7,10-11,18-19H,3-4,8-9,12-16H2,1-2H3,(H,21,23). The summed E-state index contributed by atoms with van der Waals surface area (Å²) in [5, 5.41) is 3.18. The van der Waals surface area contributed by atoms with Gasteiger partial charge in [0.1, 0.15) is 0 Å². The van der Waals surface area contributed by atoms with Crippen LogP contribution in [0.15, 0.2) is 30.3 Å². The van der Waals surface area contributed by atoms with E-state index in [1.807, 2.05) is 25.1 Å². The lowest BCUT2D eigenvalue weighted by molar-refractivity contribution is -0.126. The van der Waals surface area contributed by atoms with Gasteiger partial charge in [0, 0.05) is 19.1 Å². The SMILES string of the molecule is CCCC(Cc1ccccc1)NC(=O)C1CCCN(S(=O)(=O)CCC)C1. The first-order valence-electron chi connectivity index (χ1n) is 9.78. The van der Waals surface area contributed by atoms with Gasteiger partial charge in [0.25, 0.3) is 0 Å².